The molecule has 33 heavy (non-hydrogen) atoms. The molecule has 3 aromatic carbocycles. The SMILES string of the molecule is COc1ccccc1NS(=O)(=O)c1cc(NC(=O)c2occc2-c2ccccc2)ccc1C. The van der Waals surface area contributed by atoms with Crippen LogP contribution in [0.1, 0.15) is 16.1 Å². The number of amides is 1. The van der Waals surface area contributed by atoms with E-state index >= 15 is 0 Å². The molecular weight excluding hydrogens is 440 g/mol. The van der Waals surface area contributed by atoms with Gasteiger partial charge in [0.2, 0.25) is 0 Å². The number of nitrogens with one attached hydrogen (secondary N) is 2. The molecule has 0 radical (unpaired) electrons. The molecule has 0 saturated heterocycles. The summed E-state index contributed by atoms with van der Waals surface area (Å²) in [4.78, 5) is 12.9. The Labute approximate surface area is 192 Å². The van der Waals surface area contributed by atoms with Crippen LogP contribution in [0.25, 0.3) is 11.1 Å². The number of rotatable bonds is 7. The number of aryl methyl sites for hydroxylation is 1. The molecular formula is C25H22N2O5S. The van der Waals surface area contributed by atoms with Gasteiger partial charge in [-0.2, -0.15) is 0 Å². The lowest BCUT2D eigenvalue weighted by Crippen LogP contribution is -2.16. The molecule has 0 saturated carbocycles. The molecule has 0 fully saturated rings. The lowest BCUT2D eigenvalue weighted by atomic mass is 10.1. The van der Waals surface area contributed by atoms with Gasteiger partial charge in [0.1, 0.15) is 5.75 Å². The number of ether oxygens (including phenoxy) is 1. The van der Waals surface area contributed by atoms with Gasteiger partial charge in [-0.1, -0.05) is 48.5 Å². The first-order chi connectivity index (χ1) is 15.9. The number of carbonyl (C=O) groups is 1. The molecule has 0 bridgehead atoms. The molecule has 0 unspecified atom stereocenters. The summed E-state index contributed by atoms with van der Waals surface area (Å²) in [6, 6.07) is 22.5. The first-order valence-corrected chi connectivity index (χ1v) is 11.6. The maximum absolute atomic E-state index is 13.1. The largest absolute Gasteiger partial charge is 0.495 e. The van der Waals surface area contributed by atoms with Crippen LogP contribution in [0.15, 0.2) is 94.4 Å². The number of sulfonamides is 1. The maximum Gasteiger partial charge on any atom is 0.292 e. The lowest BCUT2D eigenvalue weighted by molar-refractivity contribution is 0.0997. The average Bonchev–Trinajstić information content (AvgIpc) is 3.31. The highest BCUT2D eigenvalue weighted by molar-refractivity contribution is 7.92. The third-order valence-corrected chi connectivity index (χ3v) is 6.55. The van der Waals surface area contributed by atoms with E-state index in [0.717, 1.165) is 5.56 Å². The summed E-state index contributed by atoms with van der Waals surface area (Å²) in [5.41, 5.74) is 2.65. The number of hydrogen-bond donors (Lipinski definition) is 2. The number of hydrogen-bond acceptors (Lipinski definition) is 5. The van der Waals surface area contributed by atoms with Crippen LogP contribution < -0.4 is 14.8 Å². The number of furan rings is 1. The van der Waals surface area contributed by atoms with E-state index in [4.69, 9.17) is 9.15 Å². The molecule has 0 spiro atoms. The second kappa shape index (κ2) is 9.22. The Morgan fingerprint density at radius 2 is 1.67 bits per heavy atom. The second-order valence-electron chi connectivity index (χ2n) is 7.27. The van der Waals surface area contributed by atoms with Crippen LogP contribution in [0.4, 0.5) is 11.4 Å². The minimum atomic E-state index is -3.94. The summed E-state index contributed by atoms with van der Waals surface area (Å²) in [7, 11) is -2.48. The van der Waals surface area contributed by atoms with E-state index in [1.54, 1.807) is 49.4 Å². The molecule has 4 aromatic rings. The van der Waals surface area contributed by atoms with Gasteiger partial charge in [0.05, 0.1) is 24.0 Å². The normalized spacial score (nSPS) is 11.1. The van der Waals surface area contributed by atoms with E-state index in [9.17, 15) is 13.2 Å². The number of methoxy groups -OCH3 is 1. The Morgan fingerprint density at radius 3 is 2.42 bits per heavy atom. The van der Waals surface area contributed by atoms with Gasteiger partial charge >= 0.3 is 0 Å². The highest BCUT2D eigenvalue weighted by atomic mass is 32.2. The van der Waals surface area contributed by atoms with Crippen LogP contribution in [-0.2, 0) is 10.0 Å². The average molecular weight is 463 g/mol. The molecule has 0 aliphatic rings. The monoisotopic (exact) mass is 462 g/mol. The van der Waals surface area contributed by atoms with Crippen molar-refractivity contribution in [2.75, 3.05) is 17.1 Å². The zero-order valence-electron chi connectivity index (χ0n) is 18.0. The standard InChI is InChI=1S/C25H22N2O5S/c1-17-12-13-19(16-23(17)33(29,30)27-21-10-6-7-11-22(21)31-2)26-25(28)24-20(14-15-32-24)18-8-4-3-5-9-18/h3-16,27H,1-2H3,(H,26,28). The van der Waals surface area contributed by atoms with Crippen LogP contribution in [0, 0.1) is 6.92 Å². The fourth-order valence-corrected chi connectivity index (χ4v) is 4.76. The lowest BCUT2D eigenvalue weighted by Gasteiger charge is -2.14. The van der Waals surface area contributed by atoms with Gasteiger partial charge in [-0.3, -0.25) is 9.52 Å². The molecule has 4 rings (SSSR count). The molecule has 0 atom stereocenters. The summed E-state index contributed by atoms with van der Waals surface area (Å²) < 4.78 is 39.4. The summed E-state index contributed by atoms with van der Waals surface area (Å²) in [5.74, 6) is 0.0523. The van der Waals surface area contributed by atoms with Gasteiger partial charge in [0.25, 0.3) is 15.9 Å². The molecule has 1 aromatic heterocycles. The van der Waals surface area contributed by atoms with E-state index in [-0.39, 0.29) is 10.7 Å². The van der Waals surface area contributed by atoms with Crippen molar-refractivity contribution >= 4 is 27.3 Å². The van der Waals surface area contributed by atoms with Crippen molar-refractivity contribution in [3.8, 4) is 16.9 Å². The number of benzene rings is 3. The summed E-state index contributed by atoms with van der Waals surface area (Å²) >= 11 is 0. The van der Waals surface area contributed by atoms with Gasteiger partial charge in [-0.25, -0.2) is 8.42 Å². The molecule has 0 aliphatic carbocycles. The van der Waals surface area contributed by atoms with E-state index in [2.05, 4.69) is 10.0 Å². The topological polar surface area (TPSA) is 97.6 Å². The highest BCUT2D eigenvalue weighted by Gasteiger charge is 2.21. The van der Waals surface area contributed by atoms with Crippen LogP contribution in [0.5, 0.6) is 5.75 Å². The molecule has 7 nitrogen and oxygen atoms in total. The number of para-hydroxylation sites is 2. The predicted octanol–water partition coefficient (Wildman–Crippen LogP) is 5.32. The van der Waals surface area contributed by atoms with Gasteiger partial charge in [-0.05, 0) is 48.4 Å². The fraction of sp³-hybridized carbons (Fsp3) is 0.0800. The molecule has 0 aliphatic heterocycles. The molecule has 2 N–H and O–H groups in total. The Kier molecular flexibility index (Phi) is 6.19. The van der Waals surface area contributed by atoms with Crippen LogP contribution >= 0.6 is 0 Å². The van der Waals surface area contributed by atoms with E-state index in [0.29, 0.717) is 28.3 Å². The van der Waals surface area contributed by atoms with Crippen molar-refractivity contribution in [2.45, 2.75) is 11.8 Å². The highest BCUT2D eigenvalue weighted by Crippen LogP contribution is 2.29. The Bertz CT molecular complexity index is 1400. The first-order valence-electron chi connectivity index (χ1n) is 10.1. The maximum atomic E-state index is 13.1. The molecule has 168 valence electrons. The van der Waals surface area contributed by atoms with Crippen LogP contribution in [0.2, 0.25) is 0 Å². The van der Waals surface area contributed by atoms with Crippen molar-refractivity contribution in [1.29, 1.82) is 0 Å². The van der Waals surface area contributed by atoms with E-state index in [1.807, 2.05) is 30.3 Å². The first kappa shape index (κ1) is 22.2. The molecule has 1 amide bonds. The third-order valence-electron chi connectivity index (χ3n) is 5.04. The quantitative estimate of drug-likeness (QED) is 0.388. The zero-order chi connectivity index (χ0) is 23.4. The van der Waals surface area contributed by atoms with Gasteiger partial charge in [-0.15, -0.1) is 0 Å². The number of carbonyl (C=O) groups excluding carboxylic acids is 1. The van der Waals surface area contributed by atoms with Crippen molar-refractivity contribution in [3.63, 3.8) is 0 Å². The van der Waals surface area contributed by atoms with Crippen molar-refractivity contribution in [3.05, 3.63) is 96.4 Å². The Hall–Kier alpha value is -4.04. The Balaban J connectivity index is 1.61. The fourth-order valence-electron chi connectivity index (χ4n) is 3.41. The van der Waals surface area contributed by atoms with Crippen molar-refractivity contribution in [1.82, 2.24) is 0 Å². The van der Waals surface area contributed by atoms with Crippen molar-refractivity contribution < 1.29 is 22.4 Å². The summed E-state index contributed by atoms with van der Waals surface area (Å²) in [6.45, 7) is 1.68. The van der Waals surface area contributed by atoms with Gasteiger partial charge in [0.15, 0.2) is 5.76 Å². The zero-order valence-corrected chi connectivity index (χ0v) is 18.8. The van der Waals surface area contributed by atoms with E-state index < -0.39 is 15.9 Å². The molecule has 1 heterocycles. The van der Waals surface area contributed by atoms with Gasteiger partial charge < -0.3 is 14.5 Å². The van der Waals surface area contributed by atoms with Gasteiger partial charge in [0, 0.05) is 11.3 Å². The molecule has 8 heteroatoms. The summed E-state index contributed by atoms with van der Waals surface area (Å²) in [6.07, 6.45) is 1.44. The number of anilines is 2. The second-order valence-corrected chi connectivity index (χ2v) is 8.92. The van der Waals surface area contributed by atoms with Crippen LogP contribution in [0.3, 0.4) is 0 Å². The minimum absolute atomic E-state index is 0.0360. The smallest absolute Gasteiger partial charge is 0.292 e. The third kappa shape index (κ3) is 4.75. The predicted molar refractivity (Wildman–Crippen MR) is 127 cm³/mol. The van der Waals surface area contributed by atoms with Crippen molar-refractivity contribution in [2.24, 2.45) is 0 Å². The minimum Gasteiger partial charge on any atom is -0.495 e. The van der Waals surface area contributed by atoms with Crippen LogP contribution in [-0.4, -0.2) is 21.4 Å². The Morgan fingerprint density at radius 1 is 0.939 bits per heavy atom. The van der Waals surface area contributed by atoms with E-state index in [1.165, 1.54) is 19.4 Å². The summed E-state index contributed by atoms with van der Waals surface area (Å²) in [5, 5.41) is 2.73.